The van der Waals surface area contributed by atoms with Gasteiger partial charge in [-0.2, -0.15) is 0 Å². The molecule has 0 spiro atoms. The summed E-state index contributed by atoms with van der Waals surface area (Å²) in [6.45, 7) is 7.07. The SMILES string of the molecule is CCCn1c(=O)c2c(nc(Cc3ncccn3)n2CCN(CC)CCO)n(CCc2cccc(N)c2)c1=O. The van der Waals surface area contributed by atoms with Crippen molar-refractivity contribution < 1.29 is 5.11 Å². The molecular formula is C27H36N8O3. The van der Waals surface area contributed by atoms with Crippen molar-refractivity contribution in [1.29, 1.82) is 0 Å². The molecule has 4 aromatic rings. The number of aromatic nitrogens is 6. The Bertz CT molecular complexity index is 1480. The number of nitrogen functional groups attached to an aromatic ring is 1. The predicted molar refractivity (Wildman–Crippen MR) is 147 cm³/mol. The van der Waals surface area contributed by atoms with E-state index in [-0.39, 0.29) is 17.9 Å². The Morgan fingerprint density at radius 2 is 1.76 bits per heavy atom. The average molecular weight is 521 g/mol. The third kappa shape index (κ3) is 6.00. The van der Waals surface area contributed by atoms with Crippen molar-refractivity contribution in [2.45, 2.75) is 52.7 Å². The van der Waals surface area contributed by atoms with Gasteiger partial charge in [0.05, 0.1) is 13.0 Å². The van der Waals surface area contributed by atoms with E-state index in [1.165, 1.54) is 4.57 Å². The van der Waals surface area contributed by atoms with Gasteiger partial charge in [0.25, 0.3) is 5.56 Å². The number of likely N-dealkylation sites (N-methyl/N-ethyl adjacent to an activating group) is 1. The van der Waals surface area contributed by atoms with Gasteiger partial charge in [0.2, 0.25) is 0 Å². The molecule has 11 nitrogen and oxygen atoms in total. The minimum absolute atomic E-state index is 0.0517. The number of aliphatic hydroxyl groups is 1. The van der Waals surface area contributed by atoms with Gasteiger partial charge in [-0.15, -0.1) is 0 Å². The molecule has 0 aliphatic heterocycles. The summed E-state index contributed by atoms with van der Waals surface area (Å²) in [6, 6.07) is 9.32. The van der Waals surface area contributed by atoms with Crippen molar-refractivity contribution in [3.8, 4) is 0 Å². The Morgan fingerprint density at radius 3 is 2.45 bits per heavy atom. The van der Waals surface area contributed by atoms with Crippen LogP contribution in [-0.2, 0) is 32.5 Å². The second-order valence-corrected chi connectivity index (χ2v) is 9.24. The highest BCUT2D eigenvalue weighted by Crippen LogP contribution is 2.16. The van der Waals surface area contributed by atoms with E-state index in [4.69, 9.17) is 10.7 Å². The Hall–Kier alpha value is -3.83. The average Bonchev–Trinajstić information content (AvgIpc) is 3.27. The lowest BCUT2D eigenvalue weighted by Crippen LogP contribution is -2.41. The van der Waals surface area contributed by atoms with E-state index in [0.717, 1.165) is 12.1 Å². The number of aliphatic hydroxyl groups excluding tert-OH is 1. The summed E-state index contributed by atoms with van der Waals surface area (Å²) >= 11 is 0. The Labute approximate surface area is 221 Å². The van der Waals surface area contributed by atoms with Crippen molar-refractivity contribution in [2.75, 3.05) is 32.0 Å². The Balaban J connectivity index is 1.86. The fraction of sp³-hybridized carbons (Fsp3) is 0.444. The molecule has 11 heteroatoms. The Morgan fingerprint density at radius 1 is 0.974 bits per heavy atom. The summed E-state index contributed by atoms with van der Waals surface area (Å²) in [5, 5.41) is 9.45. The van der Waals surface area contributed by atoms with E-state index in [0.29, 0.717) is 80.5 Å². The first kappa shape index (κ1) is 27.2. The van der Waals surface area contributed by atoms with Gasteiger partial charge in [-0.05, 0) is 43.1 Å². The molecule has 0 saturated heterocycles. The fourth-order valence-electron chi connectivity index (χ4n) is 4.70. The maximum Gasteiger partial charge on any atom is 0.332 e. The van der Waals surface area contributed by atoms with Gasteiger partial charge in [0.15, 0.2) is 11.2 Å². The quantitative estimate of drug-likeness (QED) is 0.252. The number of imidazole rings is 1. The third-order valence-electron chi connectivity index (χ3n) is 6.65. The van der Waals surface area contributed by atoms with E-state index in [9.17, 15) is 14.7 Å². The van der Waals surface area contributed by atoms with Gasteiger partial charge in [0, 0.05) is 50.8 Å². The van der Waals surface area contributed by atoms with E-state index >= 15 is 0 Å². The zero-order valence-corrected chi connectivity index (χ0v) is 22.1. The molecule has 0 saturated carbocycles. The molecule has 0 aliphatic rings. The molecule has 1 aromatic carbocycles. The summed E-state index contributed by atoms with van der Waals surface area (Å²) in [4.78, 5) is 42.9. The van der Waals surface area contributed by atoms with Crippen LogP contribution >= 0.6 is 0 Å². The highest BCUT2D eigenvalue weighted by Gasteiger charge is 2.22. The molecule has 0 unspecified atom stereocenters. The van der Waals surface area contributed by atoms with Crippen LogP contribution in [0, 0.1) is 0 Å². The normalized spacial score (nSPS) is 11.6. The smallest absolute Gasteiger partial charge is 0.332 e. The van der Waals surface area contributed by atoms with Crippen LogP contribution in [0.4, 0.5) is 5.69 Å². The number of fused-ring (bicyclic) bond motifs is 1. The molecule has 0 radical (unpaired) electrons. The highest BCUT2D eigenvalue weighted by atomic mass is 16.3. The topological polar surface area (TPSA) is 137 Å². The summed E-state index contributed by atoms with van der Waals surface area (Å²) in [7, 11) is 0. The zero-order valence-electron chi connectivity index (χ0n) is 22.1. The fourth-order valence-corrected chi connectivity index (χ4v) is 4.70. The van der Waals surface area contributed by atoms with Gasteiger partial charge < -0.3 is 15.4 Å². The third-order valence-corrected chi connectivity index (χ3v) is 6.65. The lowest BCUT2D eigenvalue weighted by atomic mass is 10.1. The molecule has 38 heavy (non-hydrogen) atoms. The first-order valence-corrected chi connectivity index (χ1v) is 13.1. The summed E-state index contributed by atoms with van der Waals surface area (Å²) in [5.41, 5.74) is 7.68. The van der Waals surface area contributed by atoms with Crippen LogP contribution in [-0.4, -0.2) is 64.9 Å². The van der Waals surface area contributed by atoms with Crippen LogP contribution < -0.4 is 17.0 Å². The van der Waals surface area contributed by atoms with Crippen LogP contribution in [0.5, 0.6) is 0 Å². The molecule has 0 amide bonds. The van der Waals surface area contributed by atoms with Crippen molar-refractivity contribution in [2.24, 2.45) is 0 Å². The van der Waals surface area contributed by atoms with Crippen LogP contribution in [0.1, 0.15) is 37.5 Å². The molecule has 0 aliphatic carbocycles. The van der Waals surface area contributed by atoms with Gasteiger partial charge in [-0.1, -0.05) is 26.0 Å². The molecule has 3 aromatic heterocycles. The number of hydrogen-bond acceptors (Lipinski definition) is 8. The van der Waals surface area contributed by atoms with Crippen molar-refractivity contribution in [3.05, 3.63) is 80.8 Å². The minimum atomic E-state index is -0.365. The van der Waals surface area contributed by atoms with Crippen LogP contribution in [0.25, 0.3) is 11.2 Å². The van der Waals surface area contributed by atoms with Crippen LogP contribution in [0.15, 0.2) is 52.3 Å². The first-order chi connectivity index (χ1) is 18.5. The molecule has 202 valence electrons. The molecule has 3 heterocycles. The van der Waals surface area contributed by atoms with Crippen LogP contribution in [0.2, 0.25) is 0 Å². The summed E-state index contributed by atoms with van der Waals surface area (Å²) in [5.74, 6) is 1.20. The van der Waals surface area contributed by atoms with Gasteiger partial charge in [-0.3, -0.25) is 18.8 Å². The van der Waals surface area contributed by atoms with E-state index in [1.54, 1.807) is 23.0 Å². The van der Waals surface area contributed by atoms with Gasteiger partial charge in [-0.25, -0.2) is 19.7 Å². The van der Waals surface area contributed by atoms with Crippen molar-refractivity contribution in [1.82, 2.24) is 33.6 Å². The second kappa shape index (κ2) is 12.6. The molecule has 0 bridgehead atoms. The van der Waals surface area contributed by atoms with E-state index in [2.05, 4.69) is 14.9 Å². The number of nitrogens with two attached hydrogens (primary N) is 1. The number of nitrogens with zero attached hydrogens (tertiary/aromatic N) is 7. The monoisotopic (exact) mass is 520 g/mol. The first-order valence-electron chi connectivity index (χ1n) is 13.1. The van der Waals surface area contributed by atoms with Crippen molar-refractivity contribution >= 4 is 16.9 Å². The van der Waals surface area contributed by atoms with Gasteiger partial charge in [0.1, 0.15) is 11.6 Å². The number of hydrogen-bond donors (Lipinski definition) is 2. The van der Waals surface area contributed by atoms with Crippen molar-refractivity contribution in [3.63, 3.8) is 0 Å². The molecular weight excluding hydrogens is 484 g/mol. The summed E-state index contributed by atoms with van der Waals surface area (Å²) < 4.78 is 4.82. The zero-order chi connectivity index (χ0) is 27.1. The largest absolute Gasteiger partial charge is 0.399 e. The molecule has 3 N–H and O–H groups in total. The standard InChI is InChI=1S/C27H36N8O3/c1-3-12-35-26(37)24-25(34(27(35)38)13-9-20-7-5-8-21(28)18-20)31-23(19-22-29-10-6-11-30-22)33(24)15-14-32(4-2)16-17-36/h5-8,10-11,18,36H,3-4,9,12-17,19,28H2,1-2H3. The number of benzene rings is 1. The lowest BCUT2D eigenvalue weighted by molar-refractivity contribution is 0.197. The van der Waals surface area contributed by atoms with E-state index in [1.807, 2.05) is 42.7 Å². The predicted octanol–water partition coefficient (Wildman–Crippen LogP) is 1.29. The second-order valence-electron chi connectivity index (χ2n) is 9.24. The number of rotatable bonds is 13. The van der Waals surface area contributed by atoms with Gasteiger partial charge >= 0.3 is 5.69 Å². The lowest BCUT2D eigenvalue weighted by Gasteiger charge is -2.20. The Kier molecular flexibility index (Phi) is 9.03. The summed E-state index contributed by atoms with van der Waals surface area (Å²) in [6.07, 6.45) is 4.87. The number of aryl methyl sites for hydroxylation is 2. The minimum Gasteiger partial charge on any atom is -0.399 e. The van der Waals surface area contributed by atoms with E-state index < -0.39 is 0 Å². The maximum absolute atomic E-state index is 13.7. The number of anilines is 1. The molecule has 0 atom stereocenters. The van der Waals surface area contributed by atoms with Crippen LogP contribution in [0.3, 0.4) is 0 Å². The molecule has 4 rings (SSSR count). The molecule has 0 fully saturated rings. The maximum atomic E-state index is 13.7. The highest BCUT2D eigenvalue weighted by molar-refractivity contribution is 5.71.